The fourth-order valence-corrected chi connectivity index (χ4v) is 8.50. The molecule has 2 nitrogen and oxygen atoms in total. The molecule has 262 valence electrons. The molecule has 0 saturated heterocycles. The Kier molecular flexibility index (Phi) is 7.53. The van der Waals surface area contributed by atoms with Crippen LogP contribution in [0.5, 0.6) is 0 Å². The third-order valence-corrected chi connectivity index (χ3v) is 11.3. The van der Waals surface area contributed by atoms with E-state index in [0.29, 0.717) is 0 Å². The molecule has 0 atom stereocenters. The zero-order chi connectivity index (χ0) is 37.0. The average molecular weight is 714 g/mol. The predicted molar refractivity (Wildman–Crippen MR) is 237 cm³/mol. The number of nitrogens with zero attached hydrogens (tertiary/aromatic N) is 1. The zero-order valence-electron chi connectivity index (χ0n) is 30.6. The van der Waals surface area contributed by atoms with Crippen LogP contribution in [0.25, 0.3) is 87.6 Å². The van der Waals surface area contributed by atoms with Gasteiger partial charge in [-0.3, -0.25) is 0 Å². The first-order chi connectivity index (χ1) is 27.7. The van der Waals surface area contributed by atoms with Gasteiger partial charge in [0.15, 0.2) is 0 Å². The van der Waals surface area contributed by atoms with Gasteiger partial charge in [0.1, 0.15) is 11.2 Å². The number of hydrogen-bond acceptors (Lipinski definition) is 2. The van der Waals surface area contributed by atoms with Crippen LogP contribution >= 0.6 is 0 Å². The summed E-state index contributed by atoms with van der Waals surface area (Å²) in [6.07, 6.45) is 0. The molecule has 0 fully saturated rings. The van der Waals surface area contributed by atoms with E-state index in [1.165, 1.54) is 60.1 Å². The van der Waals surface area contributed by atoms with Crippen LogP contribution < -0.4 is 4.90 Å². The molecule has 0 saturated carbocycles. The monoisotopic (exact) mass is 713 g/mol. The highest BCUT2D eigenvalue weighted by molar-refractivity contribution is 6.13. The molecule has 0 amide bonds. The third-order valence-electron chi connectivity index (χ3n) is 11.3. The average Bonchev–Trinajstić information content (AvgIpc) is 3.66. The van der Waals surface area contributed by atoms with Crippen LogP contribution in [0.3, 0.4) is 0 Å². The van der Waals surface area contributed by atoms with Crippen LogP contribution in [0.4, 0.5) is 17.1 Å². The molecule has 0 aliphatic carbocycles. The summed E-state index contributed by atoms with van der Waals surface area (Å²) >= 11 is 0. The molecule has 0 radical (unpaired) electrons. The highest BCUT2D eigenvalue weighted by Crippen LogP contribution is 2.44. The van der Waals surface area contributed by atoms with Crippen molar-refractivity contribution in [3.05, 3.63) is 212 Å². The van der Waals surface area contributed by atoms with E-state index >= 15 is 0 Å². The summed E-state index contributed by atoms with van der Waals surface area (Å²) in [5.74, 6) is 0. The summed E-state index contributed by atoms with van der Waals surface area (Å²) in [4.78, 5) is 2.37. The van der Waals surface area contributed by atoms with Crippen molar-refractivity contribution >= 4 is 71.3 Å². The molecule has 0 spiro atoms. The van der Waals surface area contributed by atoms with Crippen molar-refractivity contribution in [3.63, 3.8) is 0 Å². The Morgan fingerprint density at radius 1 is 0.304 bits per heavy atom. The van der Waals surface area contributed by atoms with Gasteiger partial charge >= 0.3 is 0 Å². The van der Waals surface area contributed by atoms with Crippen molar-refractivity contribution in [2.45, 2.75) is 0 Å². The van der Waals surface area contributed by atoms with Gasteiger partial charge in [-0.05, 0) is 114 Å². The minimum Gasteiger partial charge on any atom is -0.456 e. The predicted octanol–water partition coefficient (Wildman–Crippen LogP) is 15.5. The second-order valence-corrected chi connectivity index (χ2v) is 14.5. The molecule has 1 aromatic heterocycles. The van der Waals surface area contributed by atoms with Crippen LogP contribution in [-0.4, -0.2) is 0 Å². The number of fused-ring (bicyclic) bond motifs is 7. The first kappa shape index (κ1) is 32.0. The normalized spacial score (nSPS) is 11.6. The number of para-hydroxylation sites is 1. The van der Waals surface area contributed by atoms with Gasteiger partial charge in [0.25, 0.3) is 0 Å². The van der Waals surface area contributed by atoms with E-state index in [1.807, 2.05) is 12.1 Å². The second kappa shape index (κ2) is 13.2. The summed E-state index contributed by atoms with van der Waals surface area (Å²) in [5.41, 5.74) is 12.1. The lowest BCUT2D eigenvalue weighted by Crippen LogP contribution is -2.10. The molecule has 10 aromatic carbocycles. The molecular weight excluding hydrogens is 679 g/mol. The number of rotatable bonds is 6. The van der Waals surface area contributed by atoms with Gasteiger partial charge in [-0.1, -0.05) is 164 Å². The number of furan rings is 1. The molecule has 0 N–H and O–H groups in total. The van der Waals surface area contributed by atoms with E-state index in [4.69, 9.17) is 4.42 Å². The lowest BCUT2D eigenvalue weighted by molar-refractivity contribution is 0.669. The molecule has 2 heteroatoms. The van der Waals surface area contributed by atoms with Crippen LogP contribution in [0, 0.1) is 0 Å². The molecule has 1 heterocycles. The van der Waals surface area contributed by atoms with Crippen molar-refractivity contribution in [1.29, 1.82) is 0 Å². The molecule has 11 aromatic rings. The highest BCUT2D eigenvalue weighted by Gasteiger charge is 2.20. The lowest BCUT2D eigenvalue weighted by Gasteiger charge is -2.27. The first-order valence-electron chi connectivity index (χ1n) is 19.2. The maximum Gasteiger partial charge on any atom is 0.137 e. The van der Waals surface area contributed by atoms with Crippen molar-refractivity contribution in [2.24, 2.45) is 0 Å². The van der Waals surface area contributed by atoms with Gasteiger partial charge in [-0.15, -0.1) is 0 Å². The van der Waals surface area contributed by atoms with E-state index < -0.39 is 0 Å². The Morgan fingerprint density at radius 2 is 0.857 bits per heavy atom. The fraction of sp³-hybridized carbons (Fsp3) is 0. The molecule has 56 heavy (non-hydrogen) atoms. The maximum absolute atomic E-state index is 6.40. The molecule has 0 bridgehead atoms. The van der Waals surface area contributed by atoms with Crippen LogP contribution in [0.2, 0.25) is 0 Å². The van der Waals surface area contributed by atoms with Crippen LogP contribution in [0.1, 0.15) is 0 Å². The van der Waals surface area contributed by atoms with Crippen LogP contribution in [0.15, 0.2) is 217 Å². The standard InChI is InChI=1S/C54H35NO/c1-3-15-46-38(10-1)12-8-18-47(46)40-24-22-36(23-25-40)37-30-32-44(33-31-37)55(51-19-9-21-53-54(51)49-17-5-6-20-52(49)56-53)45-14-7-13-42(34-45)43-29-28-41-27-26-39-11-2-4-16-48(39)50(41)35-43/h1-35H. The van der Waals surface area contributed by atoms with Gasteiger partial charge < -0.3 is 9.32 Å². The van der Waals surface area contributed by atoms with Gasteiger partial charge in [-0.2, -0.15) is 0 Å². The summed E-state index contributed by atoms with van der Waals surface area (Å²) in [5, 5.41) is 9.75. The molecular formula is C54H35NO. The quantitative estimate of drug-likeness (QED) is 0.160. The van der Waals surface area contributed by atoms with E-state index in [-0.39, 0.29) is 0 Å². The Morgan fingerprint density at radius 3 is 1.68 bits per heavy atom. The van der Waals surface area contributed by atoms with Crippen molar-refractivity contribution < 1.29 is 4.42 Å². The summed E-state index contributed by atoms with van der Waals surface area (Å²) < 4.78 is 6.40. The van der Waals surface area contributed by atoms with E-state index in [0.717, 1.165) is 44.6 Å². The Bertz CT molecular complexity index is 3240. The van der Waals surface area contributed by atoms with E-state index in [9.17, 15) is 0 Å². The topological polar surface area (TPSA) is 16.4 Å². The summed E-state index contributed by atoms with van der Waals surface area (Å²) in [7, 11) is 0. The van der Waals surface area contributed by atoms with Gasteiger partial charge in [0.2, 0.25) is 0 Å². The van der Waals surface area contributed by atoms with E-state index in [2.05, 4.69) is 205 Å². The highest BCUT2D eigenvalue weighted by atomic mass is 16.3. The summed E-state index contributed by atoms with van der Waals surface area (Å²) in [6.45, 7) is 0. The van der Waals surface area contributed by atoms with Gasteiger partial charge in [0.05, 0.1) is 11.1 Å². The van der Waals surface area contributed by atoms with Gasteiger partial charge in [-0.25, -0.2) is 0 Å². The minimum absolute atomic E-state index is 0.870. The fourth-order valence-electron chi connectivity index (χ4n) is 8.50. The van der Waals surface area contributed by atoms with Crippen molar-refractivity contribution in [3.8, 4) is 33.4 Å². The molecule has 0 aliphatic rings. The molecule has 0 unspecified atom stereocenters. The Balaban J connectivity index is 1.02. The summed E-state index contributed by atoms with van der Waals surface area (Å²) in [6, 6.07) is 76.5. The number of benzene rings is 10. The number of hydrogen-bond donors (Lipinski definition) is 0. The lowest BCUT2D eigenvalue weighted by atomic mass is 9.96. The van der Waals surface area contributed by atoms with Gasteiger partial charge in [0, 0.05) is 16.8 Å². The molecule has 11 rings (SSSR count). The van der Waals surface area contributed by atoms with Crippen LogP contribution in [-0.2, 0) is 0 Å². The SMILES string of the molecule is c1cc(-c2ccc3ccc4ccccc4c3c2)cc(N(c2ccc(-c3ccc(-c4cccc5ccccc45)cc3)cc2)c2cccc3oc4ccccc4c23)c1. The van der Waals surface area contributed by atoms with Crippen molar-refractivity contribution in [2.75, 3.05) is 4.90 Å². The second-order valence-electron chi connectivity index (χ2n) is 14.5. The van der Waals surface area contributed by atoms with E-state index in [1.54, 1.807) is 0 Å². The largest absolute Gasteiger partial charge is 0.456 e. The number of anilines is 3. The minimum atomic E-state index is 0.870. The maximum atomic E-state index is 6.40. The zero-order valence-corrected chi connectivity index (χ0v) is 30.6. The third kappa shape index (κ3) is 5.42. The smallest absolute Gasteiger partial charge is 0.137 e. The van der Waals surface area contributed by atoms with Crippen molar-refractivity contribution in [1.82, 2.24) is 0 Å². The molecule has 0 aliphatic heterocycles. The Hall–Kier alpha value is -7.42. The first-order valence-corrected chi connectivity index (χ1v) is 19.2. The Labute approximate surface area is 325 Å².